The number of rotatable bonds is 6. The molecule has 0 atom stereocenters. The zero-order valence-corrected chi connectivity index (χ0v) is 12.2. The first-order valence-corrected chi connectivity index (χ1v) is 6.98. The van der Waals surface area contributed by atoms with Gasteiger partial charge in [0.05, 0.1) is 12.6 Å². The number of benzene rings is 2. The molecular formula is C18H18N2O2. The minimum atomic E-state index is -0.204. The lowest BCUT2D eigenvalue weighted by molar-refractivity contribution is -0.120. The van der Waals surface area contributed by atoms with E-state index in [9.17, 15) is 9.90 Å². The molecule has 2 rings (SSSR count). The molecule has 0 fully saturated rings. The van der Waals surface area contributed by atoms with E-state index in [0.717, 1.165) is 11.1 Å². The molecule has 4 heteroatoms. The van der Waals surface area contributed by atoms with E-state index in [1.165, 1.54) is 6.21 Å². The van der Waals surface area contributed by atoms with Crippen LogP contribution in [0.5, 0.6) is 5.75 Å². The lowest BCUT2D eigenvalue weighted by Gasteiger charge is -2.04. The van der Waals surface area contributed by atoms with Crippen LogP contribution in [0.3, 0.4) is 0 Å². The van der Waals surface area contributed by atoms with Crippen molar-refractivity contribution in [1.29, 1.82) is 0 Å². The van der Waals surface area contributed by atoms with E-state index >= 15 is 0 Å². The van der Waals surface area contributed by atoms with Crippen molar-refractivity contribution < 1.29 is 9.90 Å². The number of nitrogens with one attached hydrogen (secondary N) is 1. The Morgan fingerprint density at radius 2 is 1.95 bits per heavy atom. The van der Waals surface area contributed by atoms with Crippen LogP contribution < -0.4 is 5.43 Å². The summed E-state index contributed by atoms with van der Waals surface area (Å²) >= 11 is 0. The zero-order valence-electron chi connectivity index (χ0n) is 12.2. The Labute approximate surface area is 129 Å². The molecule has 0 aliphatic heterocycles. The fourth-order valence-corrected chi connectivity index (χ4v) is 2.03. The number of allylic oxidation sites excluding steroid dienone is 1. The fraction of sp³-hybridized carbons (Fsp3) is 0.111. The Morgan fingerprint density at radius 3 is 2.68 bits per heavy atom. The Balaban J connectivity index is 1.96. The topological polar surface area (TPSA) is 61.7 Å². The average Bonchev–Trinajstić information content (AvgIpc) is 2.52. The average molecular weight is 294 g/mol. The van der Waals surface area contributed by atoms with Gasteiger partial charge < -0.3 is 5.11 Å². The number of carbonyl (C=O) groups excluding carboxylic acids is 1. The van der Waals surface area contributed by atoms with Gasteiger partial charge in [-0.25, -0.2) is 5.43 Å². The standard InChI is InChI=1S/C18H18N2O2/c1-2-7-15-10-6-11-16(18(15)22)13-19-20-17(21)12-14-8-4-3-5-9-14/h2-6,8-11,13,22H,1,7,12H2,(H,20,21). The molecule has 2 N–H and O–H groups in total. The smallest absolute Gasteiger partial charge is 0.244 e. The van der Waals surface area contributed by atoms with E-state index in [1.54, 1.807) is 12.1 Å². The maximum absolute atomic E-state index is 11.8. The first-order valence-electron chi connectivity index (χ1n) is 6.98. The number of hydrogen-bond acceptors (Lipinski definition) is 3. The molecule has 0 heterocycles. The lowest BCUT2D eigenvalue weighted by atomic mass is 10.1. The van der Waals surface area contributed by atoms with Gasteiger partial charge in [-0.3, -0.25) is 4.79 Å². The molecule has 1 amide bonds. The molecule has 2 aromatic carbocycles. The van der Waals surface area contributed by atoms with E-state index in [0.29, 0.717) is 12.0 Å². The summed E-state index contributed by atoms with van der Waals surface area (Å²) in [7, 11) is 0. The first kappa shape index (κ1) is 15.5. The van der Waals surface area contributed by atoms with Gasteiger partial charge in [-0.15, -0.1) is 6.58 Å². The molecular weight excluding hydrogens is 276 g/mol. The molecule has 0 spiro atoms. The van der Waals surface area contributed by atoms with E-state index in [4.69, 9.17) is 0 Å². The predicted octanol–water partition coefficient (Wildman–Crippen LogP) is 2.81. The van der Waals surface area contributed by atoms with Crippen LogP contribution in [0.25, 0.3) is 0 Å². The molecule has 112 valence electrons. The van der Waals surface area contributed by atoms with Crippen molar-refractivity contribution in [3.8, 4) is 5.75 Å². The van der Waals surface area contributed by atoms with E-state index in [-0.39, 0.29) is 18.1 Å². The summed E-state index contributed by atoms with van der Waals surface area (Å²) in [6.07, 6.45) is 4.00. The molecule has 0 unspecified atom stereocenters. The molecule has 0 bridgehead atoms. The Morgan fingerprint density at radius 1 is 1.18 bits per heavy atom. The highest BCUT2D eigenvalue weighted by molar-refractivity contribution is 5.86. The van der Waals surface area contributed by atoms with E-state index in [2.05, 4.69) is 17.1 Å². The van der Waals surface area contributed by atoms with Gasteiger partial charge in [-0.05, 0) is 23.6 Å². The van der Waals surface area contributed by atoms with Crippen molar-refractivity contribution in [2.24, 2.45) is 5.10 Å². The van der Waals surface area contributed by atoms with Crippen molar-refractivity contribution in [3.05, 3.63) is 77.9 Å². The largest absolute Gasteiger partial charge is 0.507 e. The summed E-state index contributed by atoms with van der Waals surface area (Å²) < 4.78 is 0. The van der Waals surface area contributed by atoms with Gasteiger partial charge in [0.15, 0.2) is 0 Å². The maximum atomic E-state index is 11.8. The molecule has 2 aromatic rings. The molecule has 4 nitrogen and oxygen atoms in total. The molecule has 0 saturated carbocycles. The van der Waals surface area contributed by atoms with Crippen LogP contribution in [0.15, 0.2) is 66.3 Å². The number of hydrogen-bond donors (Lipinski definition) is 2. The van der Waals surface area contributed by atoms with Gasteiger partial charge in [-0.2, -0.15) is 5.10 Å². The quantitative estimate of drug-likeness (QED) is 0.489. The van der Waals surface area contributed by atoms with Gasteiger partial charge >= 0.3 is 0 Å². The summed E-state index contributed by atoms with van der Waals surface area (Å²) in [5.74, 6) is -0.0485. The molecule has 0 saturated heterocycles. The van der Waals surface area contributed by atoms with Crippen molar-refractivity contribution >= 4 is 12.1 Å². The van der Waals surface area contributed by atoms with Gasteiger partial charge in [0.25, 0.3) is 0 Å². The highest BCUT2D eigenvalue weighted by Gasteiger charge is 2.04. The van der Waals surface area contributed by atoms with Crippen LogP contribution in [-0.2, 0) is 17.6 Å². The molecule has 0 aliphatic carbocycles. The zero-order chi connectivity index (χ0) is 15.8. The fourth-order valence-electron chi connectivity index (χ4n) is 2.03. The number of hydrazone groups is 1. The molecule has 0 aromatic heterocycles. The van der Waals surface area contributed by atoms with Gasteiger partial charge in [0, 0.05) is 5.56 Å². The molecule has 0 radical (unpaired) electrons. The van der Waals surface area contributed by atoms with Crippen LogP contribution in [0, 0.1) is 0 Å². The molecule has 0 aliphatic rings. The van der Waals surface area contributed by atoms with Crippen molar-refractivity contribution in [2.45, 2.75) is 12.8 Å². The number of nitrogens with zero attached hydrogens (tertiary/aromatic N) is 1. The van der Waals surface area contributed by atoms with Crippen molar-refractivity contribution in [2.75, 3.05) is 0 Å². The SMILES string of the molecule is C=CCc1cccc(C=NNC(=O)Cc2ccccc2)c1O. The Bertz CT molecular complexity index is 679. The van der Waals surface area contributed by atoms with Crippen molar-refractivity contribution in [1.82, 2.24) is 5.43 Å². The second-order valence-electron chi connectivity index (χ2n) is 4.80. The molecule has 22 heavy (non-hydrogen) atoms. The summed E-state index contributed by atoms with van der Waals surface area (Å²) in [4.78, 5) is 11.8. The Hall–Kier alpha value is -2.88. The third kappa shape index (κ3) is 4.31. The summed E-state index contributed by atoms with van der Waals surface area (Å²) in [5.41, 5.74) is 4.71. The van der Waals surface area contributed by atoms with Gasteiger partial charge in [0.2, 0.25) is 5.91 Å². The summed E-state index contributed by atoms with van der Waals surface area (Å²) in [6.45, 7) is 3.65. The predicted molar refractivity (Wildman–Crippen MR) is 87.9 cm³/mol. The maximum Gasteiger partial charge on any atom is 0.244 e. The van der Waals surface area contributed by atoms with E-state index < -0.39 is 0 Å². The highest BCUT2D eigenvalue weighted by Crippen LogP contribution is 2.21. The number of amides is 1. The number of phenolic OH excluding ortho intramolecular Hbond substituents is 1. The normalized spacial score (nSPS) is 10.5. The minimum absolute atomic E-state index is 0.156. The second kappa shape index (κ2) is 7.78. The van der Waals surface area contributed by atoms with Gasteiger partial charge in [0.1, 0.15) is 5.75 Å². The Kier molecular flexibility index (Phi) is 5.49. The third-order valence-electron chi connectivity index (χ3n) is 3.12. The first-order chi connectivity index (χ1) is 10.7. The summed E-state index contributed by atoms with van der Waals surface area (Å²) in [5, 5.41) is 14.0. The van der Waals surface area contributed by atoms with Crippen LogP contribution in [0.1, 0.15) is 16.7 Å². The minimum Gasteiger partial charge on any atom is -0.507 e. The van der Waals surface area contributed by atoms with Gasteiger partial charge in [-0.1, -0.05) is 48.5 Å². The monoisotopic (exact) mass is 294 g/mol. The lowest BCUT2D eigenvalue weighted by Crippen LogP contribution is -2.19. The third-order valence-corrected chi connectivity index (χ3v) is 3.12. The second-order valence-corrected chi connectivity index (χ2v) is 4.80. The number of phenols is 1. The van der Waals surface area contributed by atoms with Crippen LogP contribution in [0.2, 0.25) is 0 Å². The number of carbonyl (C=O) groups is 1. The van der Waals surface area contributed by atoms with E-state index in [1.807, 2.05) is 42.5 Å². The summed E-state index contributed by atoms with van der Waals surface area (Å²) in [6, 6.07) is 14.8. The van der Waals surface area contributed by atoms with Crippen LogP contribution >= 0.6 is 0 Å². The van der Waals surface area contributed by atoms with Crippen LogP contribution in [-0.4, -0.2) is 17.2 Å². The van der Waals surface area contributed by atoms with Crippen molar-refractivity contribution in [3.63, 3.8) is 0 Å². The highest BCUT2D eigenvalue weighted by atomic mass is 16.3. The number of para-hydroxylation sites is 1. The number of aromatic hydroxyl groups is 1. The van der Waals surface area contributed by atoms with Crippen LogP contribution in [0.4, 0.5) is 0 Å².